The molecular formula is C21H30BrN5O4. The molecule has 9 nitrogen and oxygen atoms in total. The fraction of sp³-hybridized carbons (Fsp3) is 0.571. The molecule has 170 valence electrons. The Morgan fingerprint density at radius 3 is 2.81 bits per heavy atom. The van der Waals surface area contributed by atoms with Crippen molar-refractivity contribution in [2.45, 2.75) is 51.7 Å². The summed E-state index contributed by atoms with van der Waals surface area (Å²) in [5, 5.41) is 6.92. The normalized spacial score (nSPS) is 16.9. The number of fused-ring (bicyclic) bond motifs is 1. The first kappa shape index (κ1) is 23.5. The van der Waals surface area contributed by atoms with Gasteiger partial charge in [-0.2, -0.15) is 0 Å². The van der Waals surface area contributed by atoms with Gasteiger partial charge in [-0.25, -0.2) is 9.78 Å². The molecule has 3 N–H and O–H groups in total. The van der Waals surface area contributed by atoms with Gasteiger partial charge in [0.2, 0.25) is 5.91 Å². The summed E-state index contributed by atoms with van der Waals surface area (Å²) in [5.41, 5.74) is 1.09. The number of hydrogen-bond donors (Lipinski definition) is 3. The van der Waals surface area contributed by atoms with E-state index >= 15 is 0 Å². The van der Waals surface area contributed by atoms with Crippen LogP contribution >= 0.6 is 15.9 Å². The van der Waals surface area contributed by atoms with E-state index in [4.69, 9.17) is 9.47 Å². The molecule has 0 bridgehead atoms. The minimum atomic E-state index is -0.647. The molecule has 2 amide bonds. The Morgan fingerprint density at radius 2 is 2.16 bits per heavy atom. The summed E-state index contributed by atoms with van der Waals surface area (Å²) in [6.45, 7) is 7.41. The van der Waals surface area contributed by atoms with Gasteiger partial charge in [-0.3, -0.25) is 9.69 Å². The summed E-state index contributed by atoms with van der Waals surface area (Å²) in [4.78, 5) is 34.9. The number of H-pyrrole nitrogens is 1. The molecule has 0 unspecified atom stereocenters. The van der Waals surface area contributed by atoms with Gasteiger partial charge in [0.15, 0.2) is 0 Å². The van der Waals surface area contributed by atoms with E-state index in [0.717, 1.165) is 19.4 Å². The van der Waals surface area contributed by atoms with E-state index in [1.54, 1.807) is 24.4 Å². The average Bonchev–Trinajstić information content (AvgIpc) is 3.10. The summed E-state index contributed by atoms with van der Waals surface area (Å²) < 4.78 is 11.4. The molecule has 10 heteroatoms. The summed E-state index contributed by atoms with van der Waals surface area (Å²) in [6.07, 6.45) is 4.91. The number of nitrogens with zero attached hydrogens (tertiary/aromatic N) is 2. The lowest BCUT2D eigenvalue weighted by Gasteiger charge is -2.36. The van der Waals surface area contributed by atoms with Crippen LogP contribution in [0.5, 0.6) is 0 Å². The minimum absolute atomic E-state index is 0.0996. The number of rotatable bonds is 6. The van der Waals surface area contributed by atoms with E-state index in [1.165, 1.54) is 0 Å². The first-order valence-electron chi connectivity index (χ1n) is 10.4. The fourth-order valence-electron chi connectivity index (χ4n) is 3.59. The van der Waals surface area contributed by atoms with E-state index < -0.39 is 11.7 Å². The Kier molecular flexibility index (Phi) is 7.55. The number of anilines is 2. The summed E-state index contributed by atoms with van der Waals surface area (Å²) in [5.74, 6) is -0.183. The predicted octanol–water partition coefficient (Wildman–Crippen LogP) is 3.79. The van der Waals surface area contributed by atoms with E-state index in [-0.39, 0.29) is 18.4 Å². The van der Waals surface area contributed by atoms with Crippen molar-refractivity contribution in [1.82, 2.24) is 15.3 Å². The summed E-state index contributed by atoms with van der Waals surface area (Å²) >= 11 is 3.58. The van der Waals surface area contributed by atoms with Gasteiger partial charge in [0.1, 0.15) is 11.2 Å². The quantitative estimate of drug-likeness (QED) is 0.562. The molecule has 3 rings (SSSR count). The predicted molar refractivity (Wildman–Crippen MR) is 124 cm³/mol. The van der Waals surface area contributed by atoms with Crippen molar-refractivity contribution < 1.29 is 19.1 Å². The third kappa shape index (κ3) is 5.75. The lowest BCUT2D eigenvalue weighted by Crippen LogP contribution is -2.50. The van der Waals surface area contributed by atoms with Gasteiger partial charge in [0.25, 0.3) is 0 Å². The molecule has 0 spiro atoms. The SMILES string of the molecule is COCCC(=O)Nc1c[nH]c2ncc(Br)c(N(C(=O)OC(C)(C)C)[C@@H]3CCCNC3)c12. The van der Waals surface area contributed by atoms with Gasteiger partial charge >= 0.3 is 6.09 Å². The van der Waals surface area contributed by atoms with Crippen molar-refractivity contribution >= 4 is 50.3 Å². The zero-order valence-corrected chi connectivity index (χ0v) is 20.0. The zero-order chi connectivity index (χ0) is 22.6. The molecule has 0 radical (unpaired) electrons. The first-order valence-corrected chi connectivity index (χ1v) is 11.2. The number of piperidine rings is 1. The molecule has 2 aromatic heterocycles. The number of amides is 2. The fourth-order valence-corrected chi connectivity index (χ4v) is 4.08. The monoisotopic (exact) mass is 495 g/mol. The largest absolute Gasteiger partial charge is 0.443 e. The standard InChI is InChI=1S/C21H30BrN5O4/c1-21(2,3)31-20(29)27(13-6-5-8-23-10-13)18-14(22)11-24-19-17(18)15(12-25-19)26-16(28)7-9-30-4/h11-13,23H,5-10H2,1-4H3,(H,24,25)(H,26,28)/t13-/m1/s1. The minimum Gasteiger partial charge on any atom is -0.443 e. The summed E-state index contributed by atoms with van der Waals surface area (Å²) in [7, 11) is 1.55. The highest BCUT2D eigenvalue weighted by molar-refractivity contribution is 9.10. The number of aromatic amines is 1. The van der Waals surface area contributed by atoms with Crippen LogP contribution in [-0.4, -0.2) is 60.4 Å². The number of ether oxygens (including phenoxy) is 2. The van der Waals surface area contributed by atoms with Crippen LogP contribution in [-0.2, 0) is 14.3 Å². The molecule has 31 heavy (non-hydrogen) atoms. The van der Waals surface area contributed by atoms with Crippen molar-refractivity contribution in [3.63, 3.8) is 0 Å². The van der Waals surface area contributed by atoms with E-state index in [2.05, 4.69) is 36.5 Å². The van der Waals surface area contributed by atoms with Crippen LogP contribution in [0.2, 0.25) is 0 Å². The number of methoxy groups -OCH3 is 1. The molecule has 3 heterocycles. The molecule has 1 aliphatic rings. The third-order valence-electron chi connectivity index (χ3n) is 4.90. The van der Waals surface area contributed by atoms with Crippen molar-refractivity contribution in [3.8, 4) is 0 Å². The summed E-state index contributed by atoms with van der Waals surface area (Å²) in [6, 6.07) is -0.0996. The van der Waals surface area contributed by atoms with Crippen molar-refractivity contribution in [3.05, 3.63) is 16.9 Å². The van der Waals surface area contributed by atoms with Gasteiger partial charge in [-0.15, -0.1) is 0 Å². The first-order chi connectivity index (χ1) is 14.7. The molecule has 0 saturated carbocycles. The number of pyridine rings is 1. The van der Waals surface area contributed by atoms with E-state index in [9.17, 15) is 9.59 Å². The van der Waals surface area contributed by atoms with Crippen LogP contribution < -0.4 is 15.5 Å². The molecule has 0 aliphatic carbocycles. The van der Waals surface area contributed by atoms with Gasteiger partial charge in [-0.05, 0) is 56.1 Å². The lowest BCUT2D eigenvalue weighted by molar-refractivity contribution is -0.117. The van der Waals surface area contributed by atoms with Crippen molar-refractivity contribution in [1.29, 1.82) is 0 Å². The van der Waals surface area contributed by atoms with Crippen molar-refractivity contribution in [2.24, 2.45) is 0 Å². The van der Waals surface area contributed by atoms with Crippen LogP contribution in [0.15, 0.2) is 16.9 Å². The Morgan fingerprint density at radius 1 is 1.39 bits per heavy atom. The Bertz CT molecular complexity index is 934. The van der Waals surface area contributed by atoms with Crippen LogP contribution in [0.1, 0.15) is 40.0 Å². The van der Waals surface area contributed by atoms with Crippen molar-refractivity contribution in [2.75, 3.05) is 37.0 Å². The molecule has 1 fully saturated rings. The van der Waals surface area contributed by atoms with Gasteiger partial charge < -0.3 is 25.1 Å². The maximum absolute atomic E-state index is 13.4. The zero-order valence-electron chi connectivity index (χ0n) is 18.4. The molecule has 1 atom stereocenters. The molecular weight excluding hydrogens is 466 g/mol. The number of aromatic nitrogens is 2. The number of halogens is 1. The van der Waals surface area contributed by atoms with Gasteiger partial charge in [-0.1, -0.05) is 0 Å². The lowest BCUT2D eigenvalue weighted by atomic mass is 10.0. The van der Waals surface area contributed by atoms with Crippen LogP contribution in [0.25, 0.3) is 11.0 Å². The highest BCUT2D eigenvalue weighted by Crippen LogP contribution is 2.40. The second kappa shape index (κ2) is 9.97. The number of carbonyl (C=O) groups is 2. The third-order valence-corrected chi connectivity index (χ3v) is 5.48. The average molecular weight is 496 g/mol. The maximum atomic E-state index is 13.4. The number of hydrogen-bond acceptors (Lipinski definition) is 6. The van der Waals surface area contributed by atoms with Crippen LogP contribution in [0, 0.1) is 0 Å². The Balaban J connectivity index is 2.08. The maximum Gasteiger partial charge on any atom is 0.415 e. The molecule has 0 aromatic carbocycles. The van der Waals surface area contributed by atoms with Crippen LogP contribution in [0.3, 0.4) is 0 Å². The molecule has 2 aromatic rings. The van der Waals surface area contributed by atoms with E-state index in [1.807, 2.05) is 20.8 Å². The van der Waals surface area contributed by atoms with Gasteiger partial charge in [0, 0.05) is 26.0 Å². The van der Waals surface area contributed by atoms with Gasteiger partial charge in [0.05, 0.1) is 40.3 Å². The molecule has 1 saturated heterocycles. The number of carbonyl (C=O) groups excluding carboxylic acids is 2. The Hall–Kier alpha value is -2.17. The number of nitrogens with one attached hydrogen (secondary N) is 3. The second-order valence-electron chi connectivity index (χ2n) is 8.52. The Labute approximate surface area is 190 Å². The smallest absolute Gasteiger partial charge is 0.415 e. The highest BCUT2D eigenvalue weighted by atomic mass is 79.9. The van der Waals surface area contributed by atoms with Crippen LogP contribution in [0.4, 0.5) is 16.2 Å². The highest BCUT2D eigenvalue weighted by Gasteiger charge is 2.34. The van der Waals surface area contributed by atoms with E-state index in [0.29, 0.717) is 40.0 Å². The topological polar surface area (TPSA) is 109 Å². The molecule has 1 aliphatic heterocycles. The second-order valence-corrected chi connectivity index (χ2v) is 9.38.